The molecule has 4 heteroatoms. The summed E-state index contributed by atoms with van der Waals surface area (Å²) in [4.78, 5) is 10.8. The number of hydrazine groups is 1. The van der Waals surface area contributed by atoms with Crippen LogP contribution in [-0.2, 0) is 4.79 Å². The van der Waals surface area contributed by atoms with Crippen LogP contribution >= 0.6 is 0 Å². The molecule has 3 N–H and O–H groups in total. The number of amides is 1. The highest BCUT2D eigenvalue weighted by atomic mass is 16.1. The van der Waals surface area contributed by atoms with Gasteiger partial charge in [-0.3, -0.25) is 9.80 Å². The van der Waals surface area contributed by atoms with Crippen molar-refractivity contribution in [1.82, 2.24) is 10.4 Å². The van der Waals surface area contributed by atoms with E-state index in [9.17, 15) is 4.79 Å². The van der Waals surface area contributed by atoms with Gasteiger partial charge in [0.2, 0.25) is 5.91 Å². The molecule has 0 aromatic heterocycles. The number of carbonyl (C=O) groups excluding carboxylic acids is 1. The molecule has 4 nitrogen and oxygen atoms in total. The van der Waals surface area contributed by atoms with Crippen molar-refractivity contribution in [3.63, 3.8) is 0 Å². The second-order valence-corrected chi connectivity index (χ2v) is 2.73. The van der Waals surface area contributed by atoms with Crippen molar-refractivity contribution in [1.29, 1.82) is 0 Å². The van der Waals surface area contributed by atoms with Crippen LogP contribution in [0.1, 0.15) is 0 Å². The van der Waals surface area contributed by atoms with E-state index in [0.717, 1.165) is 5.70 Å². The van der Waals surface area contributed by atoms with Crippen LogP contribution in [0.3, 0.4) is 0 Å². The van der Waals surface area contributed by atoms with Crippen LogP contribution < -0.4 is 11.2 Å². The quantitative estimate of drug-likeness (QED) is 0.596. The van der Waals surface area contributed by atoms with E-state index in [4.69, 9.17) is 5.73 Å². The molecule has 0 atom stereocenters. The fraction of sp³-hybridized carbons (Fsp3) is 0. The molecule has 0 spiro atoms. The zero-order valence-electron chi connectivity index (χ0n) is 6.90. The highest BCUT2D eigenvalue weighted by Gasteiger charge is 2.13. The molecule has 0 aromatic rings. The summed E-state index contributed by atoms with van der Waals surface area (Å²) in [6, 6.07) is 0. The van der Waals surface area contributed by atoms with Crippen molar-refractivity contribution >= 4 is 5.91 Å². The molecular weight excluding hydrogens is 166 g/mol. The molecule has 0 aliphatic carbocycles. The van der Waals surface area contributed by atoms with E-state index >= 15 is 0 Å². The van der Waals surface area contributed by atoms with Crippen molar-refractivity contribution in [2.24, 2.45) is 5.73 Å². The van der Waals surface area contributed by atoms with Gasteiger partial charge in [-0.1, -0.05) is 6.08 Å². The Balaban J connectivity index is 2.30. The van der Waals surface area contributed by atoms with Gasteiger partial charge in [-0.25, -0.2) is 0 Å². The largest absolute Gasteiger partial charge is 0.366 e. The molecule has 0 fully saturated rings. The minimum absolute atomic E-state index is 0.428. The van der Waals surface area contributed by atoms with Gasteiger partial charge < -0.3 is 11.2 Å². The Morgan fingerprint density at radius 1 is 1.46 bits per heavy atom. The molecule has 0 bridgehead atoms. The Morgan fingerprint density at radius 3 is 3.08 bits per heavy atom. The average Bonchev–Trinajstić information content (AvgIpc) is 2.17. The Bertz CT molecular complexity index is 363. The summed E-state index contributed by atoms with van der Waals surface area (Å²) in [5, 5.41) is 1.80. The topological polar surface area (TPSA) is 58.4 Å². The Labute approximate surface area is 75.7 Å². The third kappa shape index (κ3) is 1.33. The number of nitrogens with two attached hydrogens (primary N) is 1. The summed E-state index contributed by atoms with van der Waals surface area (Å²) < 4.78 is 0. The van der Waals surface area contributed by atoms with Crippen LogP contribution in [0.15, 0.2) is 48.0 Å². The number of rotatable bonds is 1. The zero-order valence-corrected chi connectivity index (χ0v) is 6.90. The van der Waals surface area contributed by atoms with Crippen LogP contribution in [-0.4, -0.2) is 10.9 Å². The first kappa shape index (κ1) is 7.67. The van der Waals surface area contributed by atoms with E-state index in [1.54, 1.807) is 17.3 Å². The molecule has 66 valence electrons. The van der Waals surface area contributed by atoms with Crippen LogP contribution in [0.2, 0.25) is 0 Å². The minimum atomic E-state index is -0.428. The number of nitrogens with one attached hydrogen (secondary N) is 1. The first-order valence-electron chi connectivity index (χ1n) is 3.89. The monoisotopic (exact) mass is 175 g/mol. The number of primary amides is 1. The standard InChI is InChI=1S/C9H9N3O/c10-9(13)7-5-8-3-1-2-4-12(8)11-6-7/h1-6,11H,(H2,10,13). The molecule has 2 heterocycles. The predicted molar refractivity (Wildman–Crippen MR) is 48.6 cm³/mol. The number of carbonyl (C=O) groups is 1. The van der Waals surface area contributed by atoms with Crippen molar-refractivity contribution < 1.29 is 4.79 Å². The Morgan fingerprint density at radius 2 is 2.31 bits per heavy atom. The summed E-state index contributed by atoms with van der Waals surface area (Å²) >= 11 is 0. The molecule has 0 aromatic carbocycles. The van der Waals surface area contributed by atoms with Crippen molar-refractivity contribution in [3.8, 4) is 0 Å². The third-order valence-corrected chi connectivity index (χ3v) is 1.84. The van der Waals surface area contributed by atoms with Crippen molar-refractivity contribution in [2.45, 2.75) is 0 Å². The van der Waals surface area contributed by atoms with Gasteiger partial charge in [-0.05, 0) is 18.2 Å². The van der Waals surface area contributed by atoms with Gasteiger partial charge >= 0.3 is 0 Å². The molecule has 2 rings (SSSR count). The van der Waals surface area contributed by atoms with Gasteiger partial charge in [-0.2, -0.15) is 0 Å². The van der Waals surface area contributed by atoms with E-state index in [-0.39, 0.29) is 0 Å². The molecule has 0 unspecified atom stereocenters. The van der Waals surface area contributed by atoms with E-state index in [1.165, 1.54) is 0 Å². The normalized spacial score (nSPS) is 18.6. The Hall–Kier alpha value is -1.97. The fourth-order valence-corrected chi connectivity index (χ4v) is 1.17. The molecule has 1 amide bonds. The lowest BCUT2D eigenvalue weighted by atomic mass is 10.1. The van der Waals surface area contributed by atoms with Gasteiger partial charge in [0.05, 0.1) is 11.3 Å². The Kier molecular flexibility index (Phi) is 1.66. The number of allylic oxidation sites excluding steroid dienone is 3. The molecule has 13 heavy (non-hydrogen) atoms. The third-order valence-electron chi connectivity index (χ3n) is 1.84. The smallest absolute Gasteiger partial charge is 0.250 e. The van der Waals surface area contributed by atoms with Gasteiger partial charge in [0.15, 0.2) is 0 Å². The summed E-state index contributed by atoms with van der Waals surface area (Å²) in [6.07, 6.45) is 10.9. The minimum Gasteiger partial charge on any atom is -0.366 e. The average molecular weight is 175 g/mol. The number of hydrogen-bond donors (Lipinski definition) is 2. The van der Waals surface area contributed by atoms with Crippen LogP contribution in [0.5, 0.6) is 0 Å². The molecule has 2 aliphatic rings. The number of hydrogen-bond acceptors (Lipinski definition) is 3. The van der Waals surface area contributed by atoms with E-state index < -0.39 is 5.91 Å². The number of nitrogens with zero attached hydrogens (tertiary/aromatic N) is 1. The summed E-state index contributed by atoms with van der Waals surface area (Å²) in [6.45, 7) is 0. The highest BCUT2D eigenvalue weighted by molar-refractivity contribution is 5.95. The lowest BCUT2D eigenvalue weighted by Gasteiger charge is -2.26. The summed E-state index contributed by atoms with van der Waals surface area (Å²) in [5.41, 5.74) is 9.43. The van der Waals surface area contributed by atoms with E-state index in [1.807, 2.05) is 24.4 Å². The zero-order chi connectivity index (χ0) is 9.26. The lowest BCUT2D eigenvalue weighted by Crippen LogP contribution is -2.33. The van der Waals surface area contributed by atoms with Gasteiger partial charge in [0.1, 0.15) is 0 Å². The van der Waals surface area contributed by atoms with E-state index in [2.05, 4.69) is 5.43 Å². The predicted octanol–water partition coefficient (Wildman–Crippen LogP) is 0.143. The second kappa shape index (κ2) is 2.82. The molecule has 0 saturated heterocycles. The fourth-order valence-electron chi connectivity index (χ4n) is 1.17. The van der Waals surface area contributed by atoms with E-state index in [0.29, 0.717) is 5.57 Å². The van der Waals surface area contributed by atoms with Gasteiger partial charge in [0.25, 0.3) is 0 Å². The van der Waals surface area contributed by atoms with Gasteiger partial charge in [-0.15, -0.1) is 0 Å². The van der Waals surface area contributed by atoms with Gasteiger partial charge in [0, 0.05) is 12.4 Å². The maximum absolute atomic E-state index is 10.8. The molecule has 0 saturated carbocycles. The molecule has 0 radical (unpaired) electrons. The van der Waals surface area contributed by atoms with Crippen LogP contribution in [0, 0.1) is 0 Å². The first-order chi connectivity index (χ1) is 6.27. The molecule has 2 aliphatic heterocycles. The van der Waals surface area contributed by atoms with Crippen LogP contribution in [0.25, 0.3) is 0 Å². The maximum atomic E-state index is 10.8. The molecular formula is C9H9N3O. The number of fused-ring (bicyclic) bond motifs is 1. The first-order valence-corrected chi connectivity index (χ1v) is 3.89. The maximum Gasteiger partial charge on any atom is 0.250 e. The summed E-state index contributed by atoms with van der Waals surface area (Å²) in [5.74, 6) is -0.428. The van der Waals surface area contributed by atoms with Crippen LogP contribution in [0.4, 0.5) is 0 Å². The second-order valence-electron chi connectivity index (χ2n) is 2.73. The lowest BCUT2D eigenvalue weighted by molar-refractivity contribution is -0.114. The van der Waals surface area contributed by atoms with Crippen molar-refractivity contribution in [3.05, 3.63) is 48.0 Å². The van der Waals surface area contributed by atoms with Crippen molar-refractivity contribution in [2.75, 3.05) is 0 Å². The summed E-state index contributed by atoms with van der Waals surface area (Å²) in [7, 11) is 0. The highest BCUT2D eigenvalue weighted by Crippen LogP contribution is 2.15. The SMILES string of the molecule is NC(=O)C1=CNN2C=CC=CC2=C1.